The predicted octanol–water partition coefficient (Wildman–Crippen LogP) is 4.02. The molecule has 0 atom stereocenters. The van der Waals surface area contributed by atoms with Gasteiger partial charge in [-0.15, -0.1) is 24.0 Å². The first-order valence-electron chi connectivity index (χ1n) is 9.18. The molecule has 0 radical (unpaired) electrons. The Labute approximate surface area is 181 Å². The van der Waals surface area contributed by atoms with E-state index >= 15 is 0 Å². The molecule has 28 heavy (non-hydrogen) atoms. The first kappa shape index (κ1) is 22.3. The molecule has 0 spiro atoms. The third-order valence-electron chi connectivity index (χ3n) is 4.18. The van der Waals surface area contributed by atoms with E-state index in [1.165, 1.54) is 18.9 Å². The molecule has 1 saturated carbocycles. The normalized spacial score (nSPS) is 13.6. The van der Waals surface area contributed by atoms with Crippen molar-refractivity contribution in [1.82, 2.24) is 15.6 Å². The number of nitrogens with zero attached hydrogens (tertiary/aromatic N) is 2. The van der Waals surface area contributed by atoms with Gasteiger partial charge in [-0.3, -0.25) is 0 Å². The minimum absolute atomic E-state index is 0. The molecule has 2 aromatic rings. The number of halogens is 3. The third kappa shape index (κ3) is 7.21. The fourth-order valence-electron chi connectivity index (χ4n) is 2.49. The summed E-state index contributed by atoms with van der Waals surface area (Å²) in [5.74, 6) is 0.881. The Morgan fingerprint density at radius 1 is 1.21 bits per heavy atom. The van der Waals surface area contributed by atoms with E-state index in [-0.39, 0.29) is 36.1 Å². The van der Waals surface area contributed by atoms with E-state index in [4.69, 9.17) is 4.74 Å². The van der Waals surface area contributed by atoms with Gasteiger partial charge in [0, 0.05) is 30.9 Å². The maximum absolute atomic E-state index is 13.7. The van der Waals surface area contributed by atoms with Crippen molar-refractivity contribution in [1.29, 1.82) is 0 Å². The van der Waals surface area contributed by atoms with Gasteiger partial charge in [0.15, 0.2) is 5.96 Å². The van der Waals surface area contributed by atoms with Gasteiger partial charge in [-0.05, 0) is 55.5 Å². The van der Waals surface area contributed by atoms with Crippen LogP contribution in [0.15, 0.2) is 41.5 Å². The first-order chi connectivity index (χ1) is 13.1. The summed E-state index contributed by atoms with van der Waals surface area (Å²) in [6.45, 7) is 3.87. The Kier molecular flexibility index (Phi) is 8.88. The second-order valence-electron chi connectivity index (χ2n) is 6.54. The highest BCUT2D eigenvalue weighted by molar-refractivity contribution is 14.0. The first-order valence-corrected chi connectivity index (χ1v) is 9.18. The van der Waals surface area contributed by atoms with Crippen LogP contribution in [-0.2, 0) is 13.1 Å². The topological polar surface area (TPSA) is 58.5 Å². The molecule has 152 valence electrons. The molecule has 1 fully saturated rings. The van der Waals surface area contributed by atoms with E-state index in [1.54, 1.807) is 6.20 Å². The Balaban J connectivity index is 0.00000280. The highest BCUT2D eigenvalue weighted by atomic mass is 127. The van der Waals surface area contributed by atoms with Crippen LogP contribution in [0.4, 0.5) is 8.78 Å². The van der Waals surface area contributed by atoms with Gasteiger partial charge in [0.1, 0.15) is 11.6 Å². The summed E-state index contributed by atoms with van der Waals surface area (Å²) in [5.41, 5.74) is 1.21. The molecule has 0 unspecified atom stereocenters. The number of aromatic nitrogens is 1. The van der Waals surface area contributed by atoms with Gasteiger partial charge >= 0.3 is 0 Å². The van der Waals surface area contributed by atoms with Crippen LogP contribution in [-0.4, -0.2) is 24.1 Å². The van der Waals surface area contributed by atoms with Crippen LogP contribution in [0.2, 0.25) is 0 Å². The number of hydrogen-bond donors (Lipinski definition) is 2. The van der Waals surface area contributed by atoms with E-state index in [1.807, 2.05) is 19.1 Å². The summed E-state index contributed by atoms with van der Waals surface area (Å²) in [6, 6.07) is 7.16. The second-order valence-corrected chi connectivity index (χ2v) is 6.54. The maximum atomic E-state index is 13.7. The van der Waals surface area contributed by atoms with Gasteiger partial charge in [-0.25, -0.2) is 18.8 Å². The number of nitrogens with one attached hydrogen (secondary N) is 2. The molecule has 1 aromatic heterocycles. The number of hydrogen-bond acceptors (Lipinski definition) is 3. The Hall–Kier alpha value is -1.97. The molecule has 0 bridgehead atoms. The number of rotatable bonds is 8. The third-order valence-corrected chi connectivity index (χ3v) is 4.18. The average Bonchev–Trinajstić information content (AvgIpc) is 3.50. The van der Waals surface area contributed by atoms with Crippen molar-refractivity contribution in [3.05, 3.63) is 59.3 Å². The molecule has 2 N–H and O–H groups in total. The lowest BCUT2D eigenvalue weighted by Gasteiger charge is -2.12. The predicted molar refractivity (Wildman–Crippen MR) is 116 cm³/mol. The van der Waals surface area contributed by atoms with E-state index in [0.717, 1.165) is 17.7 Å². The summed E-state index contributed by atoms with van der Waals surface area (Å²) in [6.07, 6.45) is 4.16. The lowest BCUT2D eigenvalue weighted by Crippen LogP contribution is -2.37. The molecule has 1 aliphatic carbocycles. The van der Waals surface area contributed by atoms with Crippen LogP contribution >= 0.6 is 24.0 Å². The Bertz CT molecular complexity index is 800. The smallest absolute Gasteiger partial charge is 0.213 e. The van der Waals surface area contributed by atoms with E-state index in [9.17, 15) is 8.78 Å². The lowest BCUT2D eigenvalue weighted by atomic mass is 10.2. The number of pyridine rings is 1. The summed E-state index contributed by atoms with van der Waals surface area (Å²) >= 11 is 0. The molecule has 1 heterocycles. The second kappa shape index (κ2) is 11.1. The zero-order valence-electron chi connectivity index (χ0n) is 15.8. The standard InChI is InChI=1S/C20H24F2N4O.HI/c1-2-23-20(26-12-16-10-17(21)5-6-18(16)22)25-11-15-7-8-24-19(9-15)27-13-14-3-4-14;/h5-10,14H,2-4,11-13H2,1H3,(H2,23,25,26);1H. The van der Waals surface area contributed by atoms with E-state index in [2.05, 4.69) is 20.6 Å². The van der Waals surface area contributed by atoms with Crippen molar-refractivity contribution in [2.24, 2.45) is 10.9 Å². The van der Waals surface area contributed by atoms with Gasteiger partial charge in [0.25, 0.3) is 0 Å². The van der Waals surface area contributed by atoms with Crippen molar-refractivity contribution in [3.8, 4) is 5.88 Å². The van der Waals surface area contributed by atoms with Crippen molar-refractivity contribution < 1.29 is 13.5 Å². The molecule has 0 saturated heterocycles. The maximum Gasteiger partial charge on any atom is 0.213 e. The lowest BCUT2D eigenvalue weighted by molar-refractivity contribution is 0.288. The van der Waals surface area contributed by atoms with Gasteiger partial charge in [-0.1, -0.05) is 0 Å². The minimum atomic E-state index is -0.467. The number of guanidine groups is 1. The zero-order valence-corrected chi connectivity index (χ0v) is 18.1. The molecule has 1 aromatic carbocycles. The quantitative estimate of drug-likeness (QED) is 0.326. The molecule has 3 rings (SSSR count). The summed E-state index contributed by atoms with van der Waals surface area (Å²) in [5, 5.41) is 6.12. The largest absolute Gasteiger partial charge is 0.477 e. The van der Waals surface area contributed by atoms with Crippen LogP contribution in [0.5, 0.6) is 5.88 Å². The van der Waals surface area contributed by atoms with E-state index < -0.39 is 11.6 Å². The van der Waals surface area contributed by atoms with Crippen molar-refractivity contribution >= 4 is 29.9 Å². The highest BCUT2D eigenvalue weighted by Crippen LogP contribution is 2.29. The van der Waals surface area contributed by atoms with Gasteiger partial charge < -0.3 is 15.4 Å². The van der Waals surface area contributed by atoms with Gasteiger partial charge in [0.05, 0.1) is 13.2 Å². The fraction of sp³-hybridized carbons (Fsp3) is 0.400. The summed E-state index contributed by atoms with van der Waals surface area (Å²) in [7, 11) is 0. The van der Waals surface area contributed by atoms with Crippen LogP contribution in [0.25, 0.3) is 0 Å². The van der Waals surface area contributed by atoms with Crippen molar-refractivity contribution in [2.45, 2.75) is 32.9 Å². The van der Waals surface area contributed by atoms with Crippen LogP contribution in [0.3, 0.4) is 0 Å². The van der Waals surface area contributed by atoms with Crippen molar-refractivity contribution in [3.63, 3.8) is 0 Å². The monoisotopic (exact) mass is 502 g/mol. The molecular formula is C20H25F2IN4O. The van der Waals surface area contributed by atoms with Gasteiger partial charge in [0.2, 0.25) is 5.88 Å². The molecule has 0 amide bonds. The average molecular weight is 502 g/mol. The van der Waals surface area contributed by atoms with E-state index in [0.29, 0.717) is 37.5 Å². The minimum Gasteiger partial charge on any atom is -0.477 e. The SMILES string of the molecule is CCNC(=NCc1ccnc(OCC2CC2)c1)NCc1cc(F)ccc1F.I. The summed E-state index contributed by atoms with van der Waals surface area (Å²) < 4.78 is 32.7. The molecule has 8 heteroatoms. The molecular weight excluding hydrogens is 477 g/mol. The number of ether oxygens (including phenoxy) is 1. The van der Waals surface area contributed by atoms with Crippen LogP contribution in [0, 0.1) is 17.6 Å². The fourth-order valence-corrected chi connectivity index (χ4v) is 2.49. The number of benzene rings is 1. The van der Waals surface area contributed by atoms with Crippen LogP contribution < -0.4 is 15.4 Å². The Morgan fingerprint density at radius 2 is 2.04 bits per heavy atom. The Morgan fingerprint density at radius 3 is 2.79 bits per heavy atom. The van der Waals surface area contributed by atoms with Gasteiger partial charge in [-0.2, -0.15) is 0 Å². The molecule has 5 nitrogen and oxygen atoms in total. The highest BCUT2D eigenvalue weighted by Gasteiger charge is 2.22. The molecule has 1 aliphatic rings. The number of aliphatic imine (C=N–C) groups is 1. The molecule has 0 aliphatic heterocycles. The van der Waals surface area contributed by atoms with Crippen LogP contribution in [0.1, 0.15) is 30.9 Å². The summed E-state index contributed by atoms with van der Waals surface area (Å²) in [4.78, 5) is 8.71. The van der Waals surface area contributed by atoms with Crippen molar-refractivity contribution in [2.75, 3.05) is 13.2 Å². The zero-order chi connectivity index (χ0) is 19.1.